The van der Waals surface area contributed by atoms with E-state index in [-0.39, 0.29) is 11.1 Å². The van der Waals surface area contributed by atoms with Crippen LogP contribution in [-0.2, 0) is 9.37 Å². The first-order chi connectivity index (χ1) is 34.7. The summed E-state index contributed by atoms with van der Waals surface area (Å²) in [6, 6.07) is 30.3. The van der Waals surface area contributed by atoms with Crippen LogP contribution in [0.25, 0.3) is 45.0 Å². The molecule has 0 saturated heterocycles. The van der Waals surface area contributed by atoms with Crippen molar-refractivity contribution >= 4 is 29.9 Å². The number of aromatic amines is 7. The zero-order chi connectivity index (χ0) is 50.3. The lowest BCUT2D eigenvalue weighted by Gasteiger charge is -1.98. The fourth-order valence-corrected chi connectivity index (χ4v) is 5.31. The number of nitrogens with one attached hydrogen (secondary N) is 7. The van der Waals surface area contributed by atoms with E-state index in [0.29, 0.717) is 17.3 Å². The van der Waals surface area contributed by atoms with Crippen LogP contribution in [0.4, 0.5) is 5.95 Å². The van der Waals surface area contributed by atoms with Crippen LogP contribution in [0.15, 0.2) is 158 Å². The number of carboxylic acids is 2. The van der Waals surface area contributed by atoms with Crippen LogP contribution in [0.1, 0.15) is 26.5 Å². The van der Waals surface area contributed by atoms with Gasteiger partial charge in [0, 0.05) is 27.1 Å². The lowest BCUT2D eigenvalue weighted by atomic mass is 10.1. The summed E-state index contributed by atoms with van der Waals surface area (Å²) in [5.41, 5.74) is 12.1. The number of rotatable bonds is 9. The zero-order valence-electron chi connectivity index (χ0n) is 36.7. The Morgan fingerprint density at radius 2 is 1.06 bits per heavy atom. The average molecular weight is 985 g/mol. The molecule has 0 saturated carbocycles. The number of nitrogens with zero attached hydrogens (tertiary/aromatic N) is 14. The van der Waals surface area contributed by atoms with Gasteiger partial charge >= 0.3 is 11.9 Å². The Kier molecular flexibility index (Phi) is 21.5. The molecule has 11 aromatic rings. The molecule has 30 heteroatoms. The molecular weight excluding hydrogens is 945 g/mol. The molecule has 0 spiro atoms. The highest BCUT2D eigenvalue weighted by atomic mass is 32.2. The number of carbonyl (C=O) groups is 2. The van der Waals surface area contributed by atoms with Crippen molar-refractivity contribution in [3.63, 3.8) is 0 Å². The minimum absolute atomic E-state index is 0.241. The molecule has 0 unspecified atom stereocenters. The maximum atomic E-state index is 10.7. The molecule has 0 fully saturated rings. The normalized spacial score (nSPS) is 9.72. The van der Waals surface area contributed by atoms with E-state index in [0.717, 1.165) is 56.4 Å². The number of nitrogen functional groups attached to an aromatic ring is 1. The molecule has 0 radical (unpaired) electrons. The Morgan fingerprint density at radius 3 is 1.42 bits per heavy atom. The molecule has 4 aromatic carbocycles. The summed E-state index contributed by atoms with van der Waals surface area (Å²) in [7, 11) is 0. The summed E-state index contributed by atoms with van der Waals surface area (Å²) in [5, 5.41) is 87.4. The number of anilines is 1. The second-order valence-electron chi connectivity index (χ2n) is 12.9. The van der Waals surface area contributed by atoms with Crippen molar-refractivity contribution in [2.24, 2.45) is 0 Å². The summed E-state index contributed by atoms with van der Waals surface area (Å²) >= 11 is 0.910. The number of carboxylic acid groups (broad SMARTS) is 2. The number of aromatic carboxylic acids is 2. The van der Waals surface area contributed by atoms with Gasteiger partial charge in [0.2, 0.25) is 5.95 Å². The number of H-pyrrole nitrogens is 7. The van der Waals surface area contributed by atoms with E-state index >= 15 is 0 Å². The standard InChI is InChI=1S/2C9H7N3O2.C8H7N3O3S.C8H7N3.C3H5N3.C2H4N4.C2H3N3/c13-9(14)7-3-1-6(2-4-7)8-5-10-12-11-8;13-9(14)7-3-1-2-6(4-7)8-5-10-12-11-8;12-13-14-15-7-3-1-6(2-4-7)8-5-9-11-10-8;1-2-4-7(5-3-1)8-6-9-11-10-8;1-3-4-2-5-6-3;3-2-4-1-5-6-2;1-3-2-5-4-1/h2*1-5H,(H,13,14)(H,10,11,12);1-5,12H,(H,9,10,11);1-6H,(H,9,10,11);2H,1H3,(H,4,5,6);1H,(H3,3,4,5,6);1-2H,(H,3,4,5). The molecule has 29 nitrogen and oxygen atoms in total. The first-order valence-corrected chi connectivity index (χ1v) is 20.6. The van der Waals surface area contributed by atoms with Gasteiger partial charge in [-0.2, -0.15) is 76.9 Å². The zero-order valence-corrected chi connectivity index (χ0v) is 37.5. The van der Waals surface area contributed by atoms with E-state index in [9.17, 15) is 9.59 Å². The van der Waals surface area contributed by atoms with E-state index < -0.39 is 11.9 Å². The maximum Gasteiger partial charge on any atom is 0.335 e. The lowest BCUT2D eigenvalue weighted by Crippen LogP contribution is -1.95. The molecule has 7 aromatic heterocycles. The van der Waals surface area contributed by atoms with E-state index in [1.807, 2.05) is 61.5 Å². The Morgan fingerprint density at radius 1 is 0.549 bits per heavy atom. The molecule has 362 valence electrons. The van der Waals surface area contributed by atoms with Crippen molar-refractivity contribution in [3.05, 3.63) is 170 Å². The smallest absolute Gasteiger partial charge is 0.335 e. The van der Waals surface area contributed by atoms with Crippen molar-refractivity contribution in [1.82, 2.24) is 107 Å². The number of aryl methyl sites for hydroxylation is 1. The maximum absolute atomic E-state index is 10.7. The molecule has 11 rings (SSSR count). The highest BCUT2D eigenvalue weighted by Gasteiger charge is 2.07. The first-order valence-electron chi connectivity index (χ1n) is 19.8. The first kappa shape index (κ1) is 51.8. The van der Waals surface area contributed by atoms with Crippen molar-refractivity contribution in [2.75, 3.05) is 5.73 Å². The topological polar surface area (TPSA) is 430 Å². The quantitative estimate of drug-likeness (QED) is 0.0514. The molecule has 0 amide bonds. The Bertz CT molecular complexity index is 2970. The van der Waals surface area contributed by atoms with Crippen LogP contribution < -0.4 is 5.73 Å². The summed E-state index contributed by atoms with van der Waals surface area (Å²) in [6.07, 6.45) is 12.3. The minimum Gasteiger partial charge on any atom is -0.478 e. The van der Waals surface area contributed by atoms with Crippen molar-refractivity contribution in [3.8, 4) is 45.0 Å². The largest absolute Gasteiger partial charge is 0.478 e. The molecular formula is C41H40N22O7S. The van der Waals surface area contributed by atoms with Gasteiger partial charge in [-0.05, 0) is 43.3 Å². The van der Waals surface area contributed by atoms with Crippen molar-refractivity contribution in [2.45, 2.75) is 11.8 Å². The van der Waals surface area contributed by atoms with Crippen LogP contribution in [0, 0.1) is 6.92 Å². The SMILES string of the molecule is Cc1ncn[nH]1.Nc1ncn[nH]1.O=C(O)c1ccc(-c2cn[nH]n2)cc1.O=C(O)c1cccc(-c2cn[nH]n2)c1.OOOSc1ccc(-c2cn[nH]n2)cc1.c1ccc(-c2cn[nH]n2)cc1.c1nc[nH]n1. The summed E-state index contributed by atoms with van der Waals surface area (Å²) in [5.74, 6) is -0.669. The molecule has 0 aliphatic heterocycles. The number of hydrogen-bond acceptors (Lipinski definition) is 21. The molecule has 0 aliphatic rings. The van der Waals surface area contributed by atoms with E-state index in [1.54, 1.807) is 55.1 Å². The Labute approximate surface area is 403 Å². The van der Waals surface area contributed by atoms with Gasteiger partial charge in [-0.1, -0.05) is 71.8 Å². The average Bonchev–Trinajstić information content (AvgIpc) is 4.26. The number of nitrogens with two attached hydrogens (primary N) is 1. The van der Waals surface area contributed by atoms with Gasteiger partial charge in [0.25, 0.3) is 0 Å². The summed E-state index contributed by atoms with van der Waals surface area (Å²) < 4.78 is 4.29. The number of hydrogen-bond donors (Lipinski definition) is 11. The van der Waals surface area contributed by atoms with E-state index in [4.69, 9.17) is 21.2 Å². The molecule has 0 aliphatic carbocycles. The van der Waals surface area contributed by atoms with Gasteiger partial charge in [-0.15, -0.1) is 4.33 Å². The monoisotopic (exact) mass is 984 g/mol. The fourth-order valence-electron chi connectivity index (χ4n) is 4.95. The van der Waals surface area contributed by atoms with Crippen LogP contribution in [0.2, 0.25) is 0 Å². The highest BCUT2D eigenvalue weighted by Crippen LogP contribution is 2.23. The van der Waals surface area contributed by atoms with E-state index in [1.165, 1.54) is 43.5 Å². The van der Waals surface area contributed by atoms with Gasteiger partial charge in [0.05, 0.1) is 48.0 Å². The predicted octanol–water partition coefficient (Wildman–Crippen LogP) is 5.02. The predicted molar refractivity (Wildman–Crippen MR) is 250 cm³/mol. The second-order valence-corrected chi connectivity index (χ2v) is 13.7. The fraction of sp³-hybridized carbons (Fsp3) is 0.0244. The molecule has 71 heavy (non-hydrogen) atoms. The molecule has 0 atom stereocenters. The molecule has 12 N–H and O–H groups in total. The van der Waals surface area contributed by atoms with E-state index in [2.05, 4.69) is 117 Å². The number of aromatic nitrogens is 21. The van der Waals surface area contributed by atoms with Crippen LogP contribution in [0.3, 0.4) is 0 Å². The van der Waals surface area contributed by atoms with Gasteiger partial charge in [0.1, 0.15) is 53.9 Å². The minimum atomic E-state index is -0.949. The van der Waals surface area contributed by atoms with Crippen molar-refractivity contribution in [1.29, 1.82) is 0 Å². The van der Waals surface area contributed by atoms with Gasteiger partial charge in [-0.25, -0.2) is 34.9 Å². The van der Waals surface area contributed by atoms with Gasteiger partial charge < -0.3 is 15.9 Å². The van der Waals surface area contributed by atoms with Crippen LogP contribution in [0.5, 0.6) is 0 Å². The Balaban J connectivity index is 0.000000159. The summed E-state index contributed by atoms with van der Waals surface area (Å²) in [4.78, 5) is 32.9. The van der Waals surface area contributed by atoms with Crippen molar-refractivity contribution < 1.29 is 34.4 Å². The highest BCUT2D eigenvalue weighted by molar-refractivity contribution is 7.94. The van der Waals surface area contributed by atoms with Gasteiger partial charge in [0.15, 0.2) is 0 Å². The second kappa shape index (κ2) is 29.5. The molecule has 7 heterocycles. The lowest BCUT2D eigenvalue weighted by molar-refractivity contribution is -0.432. The number of benzene rings is 4. The third-order valence-electron chi connectivity index (χ3n) is 8.17. The third kappa shape index (κ3) is 18.9. The Hall–Kier alpha value is -10.2. The van der Waals surface area contributed by atoms with Crippen LogP contribution in [-0.4, -0.2) is 135 Å². The van der Waals surface area contributed by atoms with Gasteiger partial charge in [-0.3, -0.25) is 10.2 Å². The van der Waals surface area contributed by atoms with Crippen LogP contribution >= 0.6 is 12.0 Å². The summed E-state index contributed by atoms with van der Waals surface area (Å²) in [6.45, 7) is 1.85. The third-order valence-corrected chi connectivity index (χ3v) is 8.77. The molecule has 0 bridgehead atoms.